The molecule has 2 nitrogen and oxygen atoms in total. The molecule has 1 aromatic carbocycles. The molecule has 3 rings (SSSR count). The van der Waals surface area contributed by atoms with Gasteiger partial charge in [0.05, 0.1) is 17.1 Å². The van der Waals surface area contributed by atoms with Gasteiger partial charge in [0.25, 0.3) is 0 Å². The van der Waals surface area contributed by atoms with Gasteiger partial charge in [-0.3, -0.25) is 0 Å². The van der Waals surface area contributed by atoms with E-state index in [2.05, 4.69) is 15.7 Å². The second-order valence-electron chi connectivity index (χ2n) is 3.61. The Labute approximate surface area is 107 Å². The molecule has 17 heavy (non-hydrogen) atoms. The summed E-state index contributed by atoms with van der Waals surface area (Å²) >= 11 is 3.20. The molecule has 0 spiro atoms. The van der Waals surface area contributed by atoms with Gasteiger partial charge in [0.15, 0.2) is 0 Å². The molecular weight excluding hydrogens is 255 g/mol. The summed E-state index contributed by atoms with van der Waals surface area (Å²) < 4.78 is 13.2. The number of nitrogens with zero attached hydrogens (tertiary/aromatic N) is 1. The van der Waals surface area contributed by atoms with Gasteiger partial charge in [0, 0.05) is 22.4 Å². The SMILES string of the molecule is CSC1=Nc2cc(F)ccc2Nc2cscc21. The van der Waals surface area contributed by atoms with Crippen LogP contribution < -0.4 is 5.32 Å². The van der Waals surface area contributed by atoms with Crippen molar-refractivity contribution in [1.29, 1.82) is 0 Å². The van der Waals surface area contributed by atoms with E-state index >= 15 is 0 Å². The number of halogens is 1. The Balaban J connectivity index is 2.22. The number of nitrogens with one attached hydrogen (secondary N) is 1. The fraction of sp³-hybridized carbons (Fsp3) is 0.0833. The Morgan fingerprint density at radius 1 is 1.29 bits per heavy atom. The third-order valence-corrected chi connectivity index (χ3v) is 3.98. The summed E-state index contributed by atoms with van der Waals surface area (Å²) in [5.41, 5.74) is 3.61. The monoisotopic (exact) mass is 264 g/mol. The van der Waals surface area contributed by atoms with E-state index in [1.807, 2.05) is 11.6 Å². The number of hydrogen-bond acceptors (Lipinski definition) is 4. The predicted octanol–water partition coefficient (Wildman–Crippen LogP) is 4.39. The number of hydrogen-bond donors (Lipinski definition) is 1. The first-order valence-corrected chi connectivity index (χ1v) is 7.20. The number of thioether (sulfide) groups is 1. The number of aliphatic imine (C=N–C) groups is 1. The maximum Gasteiger partial charge on any atom is 0.125 e. The highest BCUT2D eigenvalue weighted by Crippen LogP contribution is 2.37. The first-order valence-electron chi connectivity index (χ1n) is 5.04. The lowest BCUT2D eigenvalue weighted by molar-refractivity contribution is 0.628. The Bertz CT molecular complexity index is 604. The second kappa shape index (κ2) is 4.16. The maximum absolute atomic E-state index is 13.2. The van der Waals surface area contributed by atoms with Gasteiger partial charge < -0.3 is 5.32 Å². The molecule has 1 aliphatic rings. The zero-order valence-electron chi connectivity index (χ0n) is 9.03. The van der Waals surface area contributed by atoms with Crippen LogP contribution in [0.25, 0.3) is 0 Å². The van der Waals surface area contributed by atoms with Gasteiger partial charge in [-0.1, -0.05) is 0 Å². The summed E-state index contributed by atoms with van der Waals surface area (Å²) in [5.74, 6) is -0.265. The molecule has 0 bridgehead atoms. The third kappa shape index (κ3) is 1.85. The van der Waals surface area contributed by atoms with Gasteiger partial charge in [-0.25, -0.2) is 9.38 Å². The summed E-state index contributed by atoms with van der Waals surface area (Å²) in [7, 11) is 0. The Morgan fingerprint density at radius 2 is 2.18 bits per heavy atom. The van der Waals surface area contributed by atoms with Crippen LogP contribution in [0, 0.1) is 5.82 Å². The molecule has 2 heterocycles. The predicted molar refractivity (Wildman–Crippen MR) is 73.7 cm³/mol. The van der Waals surface area contributed by atoms with Crippen molar-refractivity contribution >= 4 is 45.2 Å². The minimum absolute atomic E-state index is 0.265. The zero-order valence-corrected chi connectivity index (χ0v) is 10.7. The van der Waals surface area contributed by atoms with Crippen LogP contribution in [0.5, 0.6) is 0 Å². The van der Waals surface area contributed by atoms with Crippen LogP contribution in [0.4, 0.5) is 21.5 Å². The minimum Gasteiger partial charge on any atom is -0.353 e. The quantitative estimate of drug-likeness (QED) is 0.763. The highest BCUT2D eigenvalue weighted by Gasteiger charge is 2.16. The van der Waals surface area contributed by atoms with Gasteiger partial charge in [0.2, 0.25) is 0 Å². The van der Waals surface area contributed by atoms with Crippen molar-refractivity contribution in [3.63, 3.8) is 0 Å². The normalized spacial score (nSPS) is 13.2. The van der Waals surface area contributed by atoms with E-state index in [0.717, 1.165) is 22.0 Å². The van der Waals surface area contributed by atoms with Crippen molar-refractivity contribution in [2.75, 3.05) is 11.6 Å². The summed E-state index contributed by atoms with van der Waals surface area (Å²) in [5, 5.41) is 8.30. The first-order chi connectivity index (χ1) is 8.28. The molecule has 0 aliphatic carbocycles. The number of anilines is 2. The van der Waals surface area contributed by atoms with E-state index in [-0.39, 0.29) is 5.82 Å². The fourth-order valence-electron chi connectivity index (χ4n) is 1.73. The molecular formula is C12H9FN2S2. The summed E-state index contributed by atoms with van der Waals surface area (Å²) in [6.07, 6.45) is 1.98. The molecule has 1 N–H and O–H groups in total. The zero-order chi connectivity index (χ0) is 11.8. The molecule has 0 radical (unpaired) electrons. The Hall–Kier alpha value is -1.33. The standard InChI is InChI=1S/C12H9FN2S2/c1-16-12-8-5-17-6-11(8)14-9-3-2-7(13)4-10(9)15-12/h2-6,14H,1H3. The van der Waals surface area contributed by atoms with E-state index in [1.165, 1.54) is 12.1 Å². The van der Waals surface area contributed by atoms with Gasteiger partial charge in [-0.15, -0.1) is 23.1 Å². The lowest BCUT2D eigenvalue weighted by Crippen LogP contribution is -1.94. The van der Waals surface area contributed by atoms with E-state index < -0.39 is 0 Å². The van der Waals surface area contributed by atoms with Crippen LogP contribution in [-0.4, -0.2) is 11.3 Å². The molecule has 2 aromatic rings. The minimum atomic E-state index is -0.265. The molecule has 5 heteroatoms. The lowest BCUT2D eigenvalue weighted by Gasteiger charge is -2.05. The number of thiophene rings is 1. The molecule has 0 saturated carbocycles. The van der Waals surface area contributed by atoms with Crippen molar-refractivity contribution in [3.05, 3.63) is 40.3 Å². The summed E-state index contributed by atoms with van der Waals surface area (Å²) in [6, 6.07) is 4.62. The molecule has 1 aromatic heterocycles. The van der Waals surface area contributed by atoms with E-state index in [0.29, 0.717) is 5.69 Å². The average molecular weight is 264 g/mol. The number of benzene rings is 1. The number of rotatable bonds is 0. The Kier molecular flexibility index (Phi) is 2.64. The molecule has 0 amide bonds. The van der Waals surface area contributed by atoms with Crippen LogP contribution in [0.1, 0.15) is 5.56 Å². The van der Waals surface area contributed by atoms with Crippen LogP contribution in [0.2, 0.25) is 0 Å². The summed E-state index contributed by atoms with van der Waals surface area (Å²) in [4.78, 5) is 4.52. The maximum atomic E-state index is 13.2. The third-order valence-electron chi connectivity index (χ3n) is 2.54. The number of fused-ring (bicyclic) bond motifs is 2. The van der Waals surface area contributed by atoms with Gasteiger partial charge in [-0.05, 0) is 18.4 Å². The van der Waals surface area contributed by atoms with Gasteiger partial charge >= 0.3 is 0 Å². The van der Waals surface area contributed by atoms with Crippen LogP contribution in [-0.2, 0) is 0 Å². The highest BCUT2D eigenvalue weighted by molar-refractivity contribution is 8.13. The first kappa shape index (κ1) is 10.8. The fourth-order valence-corrected chi connectivity index (χ4v) is 3.15. The molecule has 0 atom stereocenters. The van der Waals surface area contributed by atoms with Crippen molar-refractivity contribution < 1.29 is 4.39 Å². The topological polar surface area (TPSA) is 24.4 Å². The van der Waals surface area contributed by atoms with Crippen LogP contribution in [0.3, 0.4) is 0 Å². The smallest absolute Gasteiger partial charge is 0.125 e. The second-order valence-corrected chi connectivity index (χ2v) is 5.15. The largest absolute Gasteiger partial charge is 0.353 e. The average Bonchev–Trinajstić information content (AvgIpc) is 2.72. The highest BCUT2D eigenvalue weighted by atomic mass is 32.2. The molecule has 1 aliphatic heterocycles. The lowest BCUT2D eigenvalue weighted by atomic mass is 10.2. The van der Waals surface area contributed by atoms with Crippen LogP contribution >= 0.6 is 23.1 Å². The van der Waals surface area contributed by atoms with Gasteiger partial charge in [0.1, 0.15) is 10.9 Å². The Morgan fingerprint density at radius 3 is 3.00 bits per heavy atom. The van der Waals surface area contributed by atoms with E-state index in [4.69, 9.17) is 0 Å². The van der Waals surface area contributed by atoms with Gasteiger partial charge in [-0.2, -0.15) is 0 Å². The van der Waals surface area contributed by atoms with E-state index in [1.54, 1.807) is 29.2 Å². The molecule has 0 saturated heterocycles. The molecule has 86 valence electrons. The van der Waals surface area contributed by atoms with Crippen molar-refractivity contribution in [3.8, 4) is 0 Å². The molecule has 0 unspecified atom stereocenters. The van der Waals surface area contributed by atoms with Crippen molar-refractivity contribution in [1.82, 2.24) is 0 Å². The van der Waals surface area contributed by atoms with Crippen molar-refractivity contribution in [2.45, 2.75) is 0 Å². The van der Waals surface area contributed by atoms with Crippen LogP contribution in [0.15, 0.2) is 34.0 Å². The van der Waals surface area contributed by atoms with E-state index in [9.17, 15) is 4.39 Å². The molecule has 0 fully saturated rings. The van der Waals surface area contributed by atoms with Crippen molar-refractivity contribution in [2.24, 2.45) is 4.99 Å². The summed E-state index contributed by atoms with van der Waals surface area (Å²) in [6.45, 7) is 0.